The second-order valence-corrected chi connectivity index (χ2v) is 6.21. The quantitative estimate of drug-likeness (QED) is 0.694. The zero-order chi connectivity index (χ0) is 12.9. The van der Waals surface area contributed by atoms with Crippen molar-refractivity contribution in [3.63, 3.8) is 0 Å². The molecule has 0 amide bonds. The van der Waals surface area contributed by atoms with Gasteiger partial charge in [-0.05, 0) is 36.4 Å². The van der Waals surface area contributed by atoms with Gasteiger partial charge in [0, 0.05) is 15.2 Å². The fraction of sp³-hybridized carbons (Fsp3) is 0. The van der Waals surface area contributed by atoms with E-state index in [1.807, 2.05) is 12.1 Å². The van der Waals surface area contributed by atoms with Gasteiger partial charge in [0.1, 0.15) is 11.2 Å². The number of benzene rings is 2. The van der Waals surface area contributed by atoms with Gasteiger partial charge in [-0.1, -0.05) is 15.9 Å². The largest absolute Gasteiger partial charge is 0.456 e. The van der Waals surface area contributed by atoms with Gasteiger partial charge < -0.3 is 4.42 Å². The standard InChI is InChI=1S/C12H7BrO4S/c13-7-1-3-11-9(5-7)10-6-8(18(14,15)16)2-4-12(10)17-11/h1-6H,(H,14,15,16). The maximum atomic E-state index is 11.1. The smallest absolute Gasteiger partial charge is 0.294 e. The molecule has 2 aromatic carbocycles. The van der Waals surface area contributed by atoms with Gasteiger partial charge in [-0.2, -0.15) is 8.42 Å². The van der Waals surface area contributed by atoms with Gasteiger partial charge in [-0.15, -0.1) is 0 Å². The molecule has 18 heavy (non-hydrogen) atoms. The van der Waals surface area contributed by atoms with Crippen molar-refractivity contribution in [3.8, 4) is 0 Å². The first-order valence-corrected chi connectivity index (χ1v) is 7.28. The van der Waals surface area contributed by atoms with E-state index in [-0.39, 0.29) is 4.90 Å². The number of fused-ring (bicyclic) bond motifs is 3. The second-order valence-electron chi connectivity index (χ2n) is 3.88. The van der Waals surface area contributed by atoms with Crippen LogP contribution in [0, 0.1) is 0 Å². The lowest BCUT2D eigenvalue weighted by molar-refractivity contribution is 0.483. The zero-order valence-corrected chi connectivity index (χ0v) is 11.3. The molecule has 0 aliphatic carbocycles. The van der Waals surface area contributed by atoms with E-state index in [9.17, 15) is 8.42 Å². The number of hydrogen-bond acceptors (Lipinski definition) is 3. The van der Waals surface area contributed by atoms with Gasteiger partial charge >= 0.3 is 0 Å². The fourth-order valence-corrected chi connectivity index (χ4v) is 2.76. The van der Waals surface area contributed by atoms with Crippen molar-refractivity contribution in [1.29, 1.82) is 0 Å². The molecule has 0 spiro atoms. The van der Waals surface area contributed by atoms with Crippen molar-refractivity contribution in [1.82, 2.24) is 0 Å². The summed E-state index contributed by atoms with van der Waals surface area (Å²) in [6.07, 6.45) is 0. The van der Waals surface area contributed by atoms with Gasteiger partial charge in [-0.3, -0.25) is 4.55 Å². The minimum Gasteiger partial charge on any atom is -0.456 e. The van der Waals surface area contributed by atoms with Crippen LogP contribution in [0.3, 0.4) is 0 Å². The summed E-state index contributed by atoms with van der Waals surface area (Å²) >= 11 is 3.35. The van der Waals surface area contributed by atoms with Crippen LogP contribution in [0.15, 0.2) is 50.2 Å². The molecular formula is C12H7BrO4S. The monoisotopic (exact) mass is 326 g/mol. The Morgan fingerprint density at radius 2 is 1.61 bits per heavy atom. The Labute approximate surface area is 111 Å². The van der Waals surface area contributed by atoms with Crippen molar-refractivity contribution in [2.45, 2.75) is 4.90 Å². The Bertz CT molecular complexity index is 864. The first-order valence-electron chi connectivity index (χ1n) is 5.04. The lowest BCUT2D eigenvalue weighted by atomic mass is 10.1. The molecule has 0 aliphatic heterocycles. The summed E-state index contributed by atoms with van der Waals surface area (Å²) in [5, 5.41) is 1.45. The molecule has 1 heterocycles. The van der Waals surface area contributed by atoms with Crippen LogP contribution in [-0.2, 0) is 10.1 Å². The van der Waals surface area contributed by atoms with E-state index in [1.54, 1.807) is 6.07 Å². The highest BCUT2D eigenvalue weighted by Gasteiger charge is 2.13. The molecule has 3 aromatic rings. The number of halogens is 1. The maximum absolute atomic E-state index is 11.1. The predicted octanol–water partition coefficient (Wildman–Crippen LogP) is 3.60. The molecule has 0 bridgehead atoms. The highest BCUT2D eigenvalue weighted by Crippen LogP contribution is 2.32. The second kappa shape index (κ2) is 3.81. The molecule has 0 atom stereocenters. The predicted molar refractivity (Wildman–Crippen MR) is 71.2 cm³/mol. The first kappa shape index (κ1) is 11.7. The number of rotatable bonds is 1. The van der Waals surface area contributed by atoms with E-state index in [0.717, 1.165) is 9.86 Å². The van der Waals surface area contributed by atoms with Crippen LogP contribution in [0.25, 0.3) is 21.9 Å². The van der Waals surface area contributed by atoms with Crippen molar-refractivity contribution >= 4 is 48.0 Å². The third kappa shape index (κ3) is 1.82. The SMILES string of the molecule is O=S(=O)(O)c1ccc2oc3ccc(Br)cc3c2c1. The molecule has 1 N–H and O–H groups in total. The molecule has 4 nitrogen and oxygen atoms in total. The number of furan rings is 1. The molecule has 0 fully saturated rings. The lowest BCUT2D eigenvalue weighted by Crippen LogP contribution is -1.96. The molecule has 1 aromatic heterocycles. The van der Waals surface area contributed by atoms with Gasteiger partial charge in [-0.25, -0.2) is 0 Å². The number of hydrogen-bond donors (Lipinski definition) is 1. The van der Waals surface area contributed by atoms with Crippen LogP contribution in [0.1, 0.15) is 0 Å². The van der Waals surface area contributed by atoms with Crippen molar-refractivity contribution in [2.75, 3.05) is 0 Å². The summed E-state index contributed by atoms with van der Waals surface area (Å²) in [6, 6.07) is 9.74. The van der Waals surface area contributed by atoms with Gasteiger partial charge in [0.25, 0.3) is 10.1 Å². The van der Waals surface area contributed by atoms with Crippen LogP contribution < -0.4 is 0 Å². The average molecular weight is 327 g/mol. The van der Waals surface area contributed by atoms with Crippen LogP contribution in [0.5, 0.6) is 0 Å². The fourth-order valence-electron chi connectivity index (χ4n) is 1.89. The Kier molecular flexibility index (Phi) is 2.48. The van der Waals surface area contributed by atoms with Crippen molar-refractivity contribution in [2.24, 2.45) is 0 Å². The third-order valence-electron chi connectivity index (χ3n) is 2.70. The Morgan fingerprint density at radius 3 is 2.28 bits per heavy atom. The van der Waals surface area contributed by atoms with E-state index in [2.05, 4.69) is 15.9 Å². The van der Waals surface area contributed by atoms with Gasteiger partial charge in [0.15, 0.2) is 0 Å². The maximum Gasteiger partial charge on any atom is 0.294 e. The van der Waals surface area contributed by atoms with Crippen LogP contribution >= 0.6 is 15.9 Å². The van der Waals surface area contributed by atoms with Crippen LogP contribution in [0.2, 0.25) is 0 Å². The minimum absolute atomic E-state index is 0.141. The first-order chi connectivity index (χ1) is 8.45. The van der Waals surface area contributed by atoms with E-state index in [0.29, 0.717) is 16.6 Å². The Balaban J connectivity index is 2.45. The summed E-state index contributed by atoms with van der Waals surface area (Å²) in [5.74, 6) is 0. The summed E-state index contributed by atoms with van der Waals surface area (Å²) < 4.78 is 37.7. The molecule has 0 saturated carbocycles. The van der Waals surface area contributed by atoms with Gasteiger partial charge in [0.05, 0.1) is 4.90 Å². The van der Waals surface area contributed by atoms with Crippen LogP contribution in [0.4, 0.5) is 0 Å². The topological polar surface area (TPSA) is 67.5 Å². The molecular weight excluding hydrogens is 320 g/mol. The normalized spacial score (nSPS) is 12.3. The molecule has 3 rings (SSSR count). The van der Waals surface area contributed by atoms with Crippen LogP contribution in [-0.4, -0.2) is 13.0 Å². The van der Waals surface area contributed by atoms with E-state index in [4.69, 9.17) is 8.97 Å². The molecule has 0 saturated heterocycles. The lowest BCUT2D eigenvalue weighted by Gasteiger charge is -1.96. The summed E-state index contributed by atoms with van der Waals surface area (Å²) in [5.41, 5.74) is 1.25. The summed E-state index contributed by atoms with van der Waals surface area (Å²) in [6.45, 7) is 0. The third-order valence-corrected chi connectivity index (χ3v) is 4.04. The summed E-state index contributed by atoms with van der Waals surface area (Å²) in [7, 11) is -4.20. The highest BCUT2D eigenvalue weighted by atomic mass is 79.9. The zero-order valence-electron chi connectivity index (χ0n) is 8.92. The molecule has 0 aliphatic rings. The van der Waals surface area contributed by atoms with E-state index < -0.39 is 10.1 Å². The molecule has 6 heteroatoms. The molecule has 92 valence electrons. The highest BCUT2D eigenvalue weighted by molar-refractivity contribution is 9.10. The van der Waals surface area contributed by atoms with Crippen molar-refractivity contribution < 1.29 is 17.4 Å². The Hall–Kier alpha value is -1.37. The molecule has 0 unspecified atom stereocenters. The Morgan fingerprint density at radius 1 is 1.00 bits per heavy atom. The molecule has 0 radical (unpaired) electrons. The average Bonchev–Trinajstić information content (AvgIpc) is 2.65. The van der Waals surface area contributed by atoms with Crippen molar-refractivity contribution in [3.05, 3.63) is 40.9 Å². The van der Waals surface area contributed by atoms with Gasteiger partial charge in [0.2, 0.25) is 0 Å². The summed E-state index contributed by atoms with van der Waals surface area (Å²) in [4.78, 5) is -0.141. The van der Waals surface area contributed by atoms with E-state index >= 15 is 0 Å². The minimum atomic E-state index is -4.20. The van der Waals surface area contributed by atoms with E-state index in [1.165, 1.54) is 18.2 Å².